The molecule has 0 saturated carbocycles. The van der Waals surface area contributed by atoms with Crippen molar-refractivity contribution in [1.82, 2.24) is 24.7 Å². The molecule has 8 nitrogen and oxygen atoms in total. The number of alkyl halides is 2. The predicted octanol–water partition coefficient (Wildman–Crippen LogP) is 4.01. The predicted molar refractivity (Wildman–Crippen MR) is 131 cm³/mol. The van der Waals surface area contributed by atoms with Crippen LogP contribution in [0.1, 0.15) is 30.3 Å². The van der Waals surface area contributed by atoms with Gasteiger partial charge in [-0.2, -0.15) is 8.78 Å². The number of aromatic nitrogens is 4. The fraction of sp³-hybridized carbons (Fsp3) is 0.308. The first kappa shape index (κ1) is 23.7. The van der Waals surface area contributed by atoms with Gasteiger partial charge in [-0.15, -0.1) is 0 Å². The molecule has 1 atom stereocenters. The van der Waals surface area contributed by atoms with E-state index in [9.17, 15) is 13.6 Å². The highest BCUT2D eigenvalue weighted by atomic mass is 19.3. The Bertz CT molecular complexity index is 1390. The summed E-state index contributed by atoms with van der Waals surface area (Å²) in [7, 11) is 0. The zero-order valence-corrected chi connectivity index (χ0v) is 20.0. The maximum Gasteiger partial charge on any atom is 0.387 e. The Morgan fingerprint density at radius 3 is 2.69 bits per heavy atom. The zero-order chi connectivity index (χ0) is 25.2. The summed E-state index contributed by atoms with van der Waals surface area (Å²) in [5.74, 6) is 0.768. The second kappa shape index (κ2) is 9.88. The van der Waals surface area contributed by atoms with Crippen molar-refractivity contribution >= 4 is 17.5 Å². The molecule has 4 aromatic rings. The van der Waals surface area contributed by atoms with Crippen molar-refractivity contribution in [3.63, 3.8) is 0 Å². The molecule has 1 amide bonds. The van der Waals surface area contributed by atoms with Crippen LogP contribution in [-0.4, -0.2) is 51.0 Å². The first-order valence-electron chi connectivity index (χ1n) is 11.7. The summed E-state index contributed by atoms with van der Waals surface area (Å²) in [6.45, 7) is 2.16. The van der Waals surface area contributed by atoms with Gasteiger partial charge in [-0.3, -0.25) is 4.79 Å². The van der Waals surface area contributed by atoms with E-state index in [2.05, 4.69) is 20.3 Å². The minimum Gasteiger partial charge on any atom is -0.435 e. The number of para-hydroxylation sites is 1. The fourth-order valence-corrected chi connectivity index (χ4v) is 4.45. The Morgan fingerprint density at radius 1 is 1.14 bits per heavy atom. The highest BCUT2D eigenvalue weighted by Gasteiger charge is 2.22. The average molecular weight is 493 g/mol. The summed E-state index contributed by atoms with van der Waals surface area (Å²) in [6, 6.07) is 10.7. The van der Waals surface area contributed by atoms with Crippen LogP contribution in [0.15, 0.2) is 55.0 Å². The number of amides is 1. The van der Waals surface area contributed by atoms with Gasteiger partial charge >= 0.3 is 6.61 Å². The molecule has 4 heterocycles. The van der Waals surface area contributed by atoms with E-state index in [-0.39, 0.29) is 17.7 Å². The molecule has 1 aliphatic heterocycles. The number of fused-ring (bicyclic) bond motifs is 1. The van der Waals surface area contributed by atoms with E-state index in [0.717, 1.165) is 28.2 Å². The van der Waals surface area contributed by atoms with Crippen molar-refractivity contribution < 1.29 is 18.3 Å². The van der Waals surface area contributed by atoms with Gasteiger partial charge in [0.15, 0.2) is 0 Å². The molecule has 1 fully saturated rings. The van der Waals surface area contributed by atoms with Gasteiger partial charge in [-0.05, 0) is 32.0 Å². The second-order valence-electron chi connectivity index (χ2n) is 8.82. The van der Waals surface area contributed by atoms with Crippen LogP contribution in [0.4, 0.5) is 14.7 Å². The van der Waals surface area contributed by atoms with Crippen LogP contribution in [0.3, 0.4) is 0 Å². The molecule has 5 rings (SSSR count). The Labute approximate surface area is 207 Å². The van der Waals surface area contributed by atoms with Crippen molar-refractivity contribution in [2.45, 2.75) is 39.3 Å². The number of halogens is 2. The standard InChI is InChI=1S/C26H26F2N6O2/c1-16-12-29-24(35)9-10-33(16)26-30-13-20(14-31-26)19-7-8-23-32-17(2)21(34(23)15-19)11-18-5-3-4-6-22(18)36-25(27)28/h3-8,13-16,25H,9-12H2,1-2H3,(H,29,35). The Kier molecular flexibility index (Phi) is 6.49. The number of hydrogen-bond donors (Lipinski definition) is 1. The largest absolute Gasteiger partial charge is 0.435 e. The Balaban J connectivity index is 1.44. The molecule has 36 heavy (non-hydrogen) atoms. The van der Waals surface area contributed by atoms with Gasteiger partial charge in [0.2, 0.25) is 11.9 Å². The van der Waals surface area contributed by atoms with Gasteiger partial charge < -0.3 is 19.4 Å². The number of pyridine rings is 1. The molecule has 0 bridgehead atoms. The lowest BCUT2D eigenvalue weighted by Crippen LogP contribution is -2.38. The summed E-state index contributed by atoms with van der Waals surface area (Å²) in [4.78, 5) is 27.5. The molecule has 1 unspecified atom stereocenters. The minimum absolute atomic E-state index is 0.0316. The molecule has 10 heteroatoms. The van der Waals surface area contributed by atoms with E-state index in [0.29, 0.717) is 37.4 Å². The van der Waals surface area contributed by atoms with E-state index < -0.39 is 6.61 Å². The monoisotopic (exact) mass is 492 g/mol. The first-order chi connectivity index (χ1) is 17.4. The molecule has 1 aliphatic rings. The third-order valence-electron chi connectivity index (χ3n) is 6.40. The van der Waals surface area contributed by atoms with E-state index >= 15 is 0 Å². The van der Waals surface area contributed by atoms with Crippen molar-refractivity contribution in [2.24, 2.45) is 0 Å². The Hall–Kier alpha value is -4.08. The van der Waals surface area contributed by atoms with Crippen molar-refractivity contribution in [3.8, 4) is 16.9 Å². The lowest BCUT2D eigenvalue weighted by atomic mass is 10.1. The molecule has 1 saturated heterocycles. The molecule has 186 valence electrons. The summed E-state index contributed by atoms with van der Waals surface area (Å²) in [6.07, 6.45) is 6.28. The highest BCUT2D eigenvalue weighted by Crippen LogP contribution is 2.27. The summed E-state index contributed by atoms with van der Waals surface area (Å²) in [5, 5.41) is 2.90. The molecule has 3 aromatic heterocycles. The summed E-state index contributed by atoms with van der Waals surface area (Å²) >= 11 is 0. The third kappa shape index (κ3) is 4.84. The maximum absolute atomic E-state index is 12.9. The molecule has 0 aliphatic carbocycles. The van der Waals surface area contributed by atoms with Gasteiger partial charge in [0.25, 0.3) is 0 Å². The number of carbonyl (C=O) groups excluding carboxylic acids is 1. The number of rotatable bonds is 6. The number of imidazole rings is 1. The van der Waals surface area contributed by atoms with Gasteiger partial charge in [0.05, 0.1) is 5.69 Å². The van der Waals surface area contributed by atoms with Crippen LogP contribution >= 0.6 is 0 Å². The third-order valence-corrected chi connectivity index (χ3v) is 6.40. The van der Waals surface area contributed by atoms with Crippen LogP contribution in [0.5, 0.6) is 5.75 Å². The van der Waals surface area contributed by atoms with E-state index in [1.54, 1.807) is 36.7 Å². The molecule has 0 radical (unpaired) electrons. The number of nitrogens with one attached hydrogen (secondary N) is 1. The van der Waals surface area contributed by atoms with Gasteiger partial charge in [0.1, 0.15) is 11.4 Å². The molecular formula is C26H26F2N6O2. The van der Waals surface area contributed by atoms with E-state index in [4.69, 9.17) is 4.74 Å². The van der Waals surface area contributed by atoms with Gasteiger partial charge in [0, 0.05) is 72.9 Å². The average Bonchev–Trinajstić information content (AvgIpc) is 3.07. The van der Waals surface area contributed by atoms with E-state index in [1.807, 2.05) is 41.5 Å². The number of benzene rings is 1. The quantitative estimate of drug-likeness (QED) is 0.438. The van der Waals surface area contributed by atoms with Crippen molar-refractivity contribution in [1.29, 1.82) is 0 Å². The van der Waals surface area contributed by atoms with Crippen LogP contribution in [0, 0.1) is 6.92 Å². The SMILES string of the molecule is Cc1nc2ccc(-c3cnc(N4CCC(=O)NCC4C)nc3)cn2c1Cc1ccccc1OC(F)F. The van der Waals surface area contributed by atoms with E-state index in [1.165, 1.54) is 0 Å². The first-order valence-corrected chi connectivity index (χ1v) is 11.7. The number of nitrogens with zero attached hydrogens (tertiary/aromatic N) is 5. The van der Waals surface area contributed by atoms with Crippen LogP contribution < -0.4 is 15.0 Å². The van der Waals surface area contributed by atoms with Crippen molar-refractivity contribution in [2.75, 3.05) is 18.0 Å². The normalized spacial score (nSPS) is 16.3. The van der Waals surface area contributed by atoms with Crippen LogP contribution in [-0.2, 0) is 11.2 Å². The fourth-order valence-electron chi connectivity index (χ4n) is 4.45. The van der Waals surface area contributed by atoms with Gasteiger partial charge in [-0.1, -0.05) is 18.2 Å². The second-order valence-corrected chi connectivity index (χ2v) is 8.82. The number of carbonyl (C=O) groups is 1. The van der Waals surface area contributed by atoms with Gasteiger partial charge in [-0.25, -0.2) is 15.0 Å². The number of hydrogen-bond acceptors (Lipinski definition) is 6. The topological polar surface area (TPSA) is 84.7 Å². The molecule has 1 aromatic carbocycles. The maximum atomic E-state index is 12.9. The molecular weight excluding hydrogens is 466 g/mol. The van der Waals surface area contributed by atoms with Crippen LogP contribution in [0.2, 0.25) is 0 Å². The minimum atomic E-state index is -2.89. The summed E-state index contributed by atoms with van der Waals surface area (Å²) in [5.41, 5.74) is 4.82. The lowest BCUT2D eigenvalue weighted by Gasteiger charge is -2.26. The lowest BCUT2D eigenvalue weighted by molar-refractivity contribution is -0.120. The smallest absolute Gasteiger partial charge is 0.387 e. The van der Waals surface area contributed by atoms with Crippen molar-refractivity contribution in [3.05, 3.63) is 71.9 Å². The summed E-state index contributed by atoms with van der Waals surface area (Å²) < 4.78 is 32.5. The van der Waals surface area contributed by atoms with Crippen LogP contribution in [0.25, 0.3) is 16.8 Å². The number of aryl methyl sites for hydroxylation is 1. The zero-order valence-electron chi connectivity index (χ0n) is 20.0. The number of anilines is 1. The molecule has 0 spiro atoms. The number of ether oxygens (including phenoxy) is 1. The highest BCUT2D eigenvalue weighted by molar-refractivity contribution is 5.77. The molecule has 1 N–H and O–H groups in total. The Morgan fingerprint density at radius 2 is 1.92 bits per heavy atom.